The van der Waals surface area contributed by atoms with E-state index in [1.807, 2.05) is 31.3 Å². The molecule has 3 N–H and O–H groups in total. The van der Waals surface area contributed by atoms with Gasteiger partial charge < -0.3 is 15.8 Å². The van der Waals surface area contributed by atoms with E-state index in [-0.39, 0.29) is 0 Å². The molecule has 106 valence electrons. The molecule has 0 radical (unpaired) electrons. The average Bonchev–Trinajstić information content (AvgIpc) is 2.49. The summed E-state index contributed by atoms with van der Waals surface area (Å²) in [7, 11) is 3.65. The SMILES string of the molecule is CNC(Cc1ccc(OC)cc1)Cc1cccnc1N. The summed E-state index contributed by atoms with van der Waals surface area (Å²) in [5.74, 6) is 1.49. The van der Waals surface area contributed by atoms with Crippen LogP contribution < -0.4 is 15.8 Å². The highest BCUT2D eigenvalue weighted by molar-refractivity contribution is 5.39. The quantitative estimate of drug-likeness (QED) is 0.844. The summed E-state index contributed by atoms with van der Waals surface area (Å²) in [5, 5.41) is 3.34. The number of nitrogen functional groups attached to an aromatic ring is 1. The fraction of sp³-hybridized carbons (Fsp3) is 0.312. The number of aromatic nitrogens is 1. The minimum atomic E-state index is 0.329. The lowest BCUT2D eigenvalue weighted by atomic mass is 9.99. The van der Waals surface area contributed by atoms with Crippen molar-refractivity contribution in [3.63, 3.8) is 0 Å². The number of nitrogens with two attached hydrogens (primary N) is 1. The van der Waals surface area contributed by atoms with Crippen LogP contribution in [0.5, 0.6) is 5.75 Å². The molecule has 0 aliphatic heterocycles. The number of nitrogens with one attached hydrogen (secondary N) is 1. The molecule has 0 bridgehead atoms. The molecule has 1 unspecified atom stereocenters. The van der Waals surface area contributed by atoms with Gasteiger partial charge in [-0.25, -0.2) is 4.98 Å². The number of anilines is 1. The molecule has 0 amide bonds. The number of rotatable bonds is 6. The topological polar surface area (TPSA) is 60.2 Å². The highest BCUT2D eigenvalue weighted by Crippen LogP contribution is 2.15. The third-order valence-electron chi connectivity index (χ3n) is 3.44. The van der Waals surface area contributed by atoms with E-state index in [2.05, 4.69) is 22.4 Å². The predicted octanol–water partition coefficient (Wildman–Crippen LogP) is 2.05. The van der Waals surface area contributed by atoms with Crippen LogP contribution in [-0.4, -0.2) is 25.2 Å². The van der Waals surface area contributed by atoms with Gasteiger partial charge in [-0.3, -0.25) is 0 Å². The number of ether oxygens (including phenoxy) is 1. The van der Waals surface area contributed by atoms with E-state index in [9.17, 15) is 0 Å². The van der Waals surface area contributed by atoms with Gasteiger partial charge in [0.05, 0.1) is 7.11 Å². The summed E-state index contributed by atoms with van der Waals surface area (Å²) in [6.45, 7) is 0. The molecule has 0 saturated heterocycles. The normalized spacial score (nSPS) is 12.1. The van der Waals surface area contributed by atoms with Gasteiger partial charge in [0.1, 0.15) is 11.6 Å². The molecule has 1 aromatic carbocycles. The lowest BCUT2D eigenvalue weighted by molar-refractivity contribution is 0.414. The van der Waals surface area contributed by atoms with Crippen LogP contribution in [0.4, 0.5) is 5.82 Å². The van der Waals surface area contributed by atoms with Crippen LogP contribution in [0.1, 0.15) is 11.1 Å². The van der Waals surface area contributed by atoms with Crippen molar-refractivity contribution in [1.82, 2.24) is 10.3 Å². The maximum atomic E-state index is 5.90. The van der Waals surface area contributed by atoms with Gasteiger partial charge in [0, 0.05) is 12.2 Å². The van der Waals surface area contributed by atoms with Crippen LogP contribution in [0.25, 0.3) is 0 Å². The second-order valence-corrected chi connectivity index (χ2v) is 4.79. The summed E-state index contributed by atoms with van der Waals surface area (Å²) in [6.07, 6.45) is 3.52. The first-order chi connectivity index (χ1) is 9.72. The molecule has 2 aromatic rings. The smallest absolute Gasteiger partial charge is 0.126 e. The number of hydrogen-bond acceptors (Lipinski definition) is 4. The highest BCUT2D eigenvalue weighted by Gasteiger charge is 2.10. The van der Waals surface area contributed by atoms with E-state index in [1.165, 1.54) is 5.56 Å². The van der Waals surface area contributed by atoms with Crippen molar-refractivity contribution in [2.24, 2.45) is 0 Å². The fourth-order valence-corrected chi connectivity index (χ4v) is 2.21. The number of benzene rings is 1. The summed E-state index contributed by atoms with van der Waals surface area (Å²) in [6, 6.07) is 12.4. The van der Waals surface area contributed by atoms with E-state index >= 15 is 0 Å². The van der Waals surface area contributed by atoms with Crippen LogP contribution in [0.2, 0.25) is 0 Å². The van der Waals surface area contributed by atoms with E-state index in [4.69, 9.17) is 10.5 Å². The summed E-state index contributed by atoms with van der Waals surface area (Å²) >= 11 is 0. The Kier molecular flexibility index (Phi) is 4.96. The first kappa shape index (κ1) is 14.3. The Hall–Kier alpha value is -2.07. The van der Waals surface area contributed by atoms with Crippen molar-refractivity contribution < 1.29 is 4.74 Å². The highest BCUT2D eigenvalue weighted by atomic mass is 16.5. The molecule has 4 heteroatoms. The monoisotopic (exact) mass is 271 g/mol. The fourth-order valence-electron chi connectivity index (χ4n) is 2.21. The molecule has 0 aliphatic carbocycles. The van der Waals surface area contributed by atoms with E-state index in [0.29, 0.717) is 11.9 Å². The van der Waals surface area contributed by atoms with E-state index in [0.717, 1.165) is 24.2 Å². The Balaban J connectivity index is 2.03. The number of pyridine rings is 1. The van der Waals surface area contributed by atoms with Gasteiger partial charge in [-0.1, -0.05) is 18.2 Å². The first-order valence-electron chi connectivity index (χ1n) is 6.72. The molecular weight excluding hydrogens is 250 g/mol. The van der Waals surface area contributed by atoms with Crippen molar-refractivity contribution in [3.8, 4) is 5.75 Å². The predicted molar refractivity (Wildman–Crippen MR) is 81.9 cm³/mol. The Morgan fingerprint density at radius 3 is 2.55 bits per heavy atom. The maximum absolute atomic E-state index is 5.90. The van der Waals surface area contributed by atoms with Gasteiger partial charge in [0.15, 0.2) is 0 Å². The number of likely N-dealkylation sites (N-methyl/N-ethyl adjacent to an activating group) is 1. The van der Waals surface area contributed by atoms with E-state index < -0.39 is 0 Å². The summed E-state index contributed by atoms with van der Waals surface area (Å²) in [5.41, 5.74) is 8.25. The van der Waals surface area contributed by atoms with Crippen molar-refractivity contribution in [2.45, 2.75) is 18.9 Å². The molecule has 1 atom stereocenters. The van der Waals surface area contributed by atoms with Gasteiger partial charge in [0.2, 0.25) is 0 Å². The molecule has 20 heavy (non-hydrogen) atoms. The lowest BCUT2D eigenvalue weighted by Crippen LogP contribution is -2.30. The van der Waals surface area contributed by atoms with Crippen molar-refractivity contribution >= 4 is 5.82 Å². The molecule has 0 spiro atoms. The average molecular weight is 271 g/mol. The zero-order chi connectivity index (χ0) is 14.4. The van der Waals surface area contributed by atoms with Crippen molar-refractivity contribution in [1.29, 1.82) is 0 Å². The lowest BCUT2D eigenvalue weighted by Gasteiger charge is -2.17. The van der Waals surface area contributed by atoms with Crippen molar-refractivity contribution in [3.05, 3.63) is 53.7 Å². The molecule has 1 aromatic heterocycles. The molecule has 1 heterocycles. The maximum Gasteiger partial charge on any atom is 0.126 e. The van der Waals surface area contributed by atoms with Crippen molar-refractivity contribution in [2.75, 3.05) is 19.9 Å². The number of hydrogen-bond donors (Lipinski definition) is 2. The van der Waals surface area contributed by atoms with Gasteiger partial charge in [-0.2, -0.15) is 0 Å². The van der Waals surface area contributed by atoms with Crippen LogP contribution in [0, 0.1) is 0 Å². The third kappa shape index (κ3) is 3.71. The van der Waals surface area contributed by atoms with Gasteiger partial charge in [0.25, 0.3) is 0 Å². The van der Waals surface area contributed by atoms with Crippen LogP contribution in [0.15, 0.2) is 42.6 Å². The third-order valence-corrected chi connectivity index (χ3v) is 3.44. The van der Waals surface area contributed by atoms with Crippen LogP contribution in [-0.2, 0) is 12.8 Å². The van der Waals surface area contributed by atoms with Gasteiger partial charge in [-0.05, 0) is 49.2 Å². The first-order valence-corrected chi connectivity index (χ1v) is 6.72. The van der Waals surface area contributed by atoms with E-state index in [1.54, 1.807) is 13.3 Å². The summed E-state index contributed by atoms with van der Waals surface area (Å²) < 4.78 is 5.17. The minimum absolute atomic E-state index is 0.329. The Morgan fingerprint density at radius 2 is 1.95 bits per heavy atom. The minimum Gasteiger partial charge on any atom is -0.497 e. The number of methoxy groups -OCH3 is 1. The Morgan fingerprint density at radius 1 is 1.20 bits per heavy atom. The molecule has 4 nitrogen and oxygen atoms in total. The molecule has 0 aliphatic rings. The molecule has 0 saturated carbocycles. The van der Waals surface area contributed by atoms with Crippen LogP contribution in [0.3, 0.4) is 0 Å². The zero-order valence-corrected chi connectivity index (χ0v) is 12.0. The molecule has 0 fully saturated rings. The van der Waals surface area contributed by atoms with Gasteiger partial charge in [-0.15, -0.1) is 0 Å². The molecular formula is C16H21N3O. The number of nitrogens with zero attached hydrogens (tertiary/aromatic N) is 1. The zero-order valence-electron chi connectivity index (χ0n) is 12.0. The summed E-state index contributed by atoms with van der Waals surface area (Å²) in [4.78, 5) is 4.13. The second-order valence-electron chi connectivity index (χ2n) is 4.79. The van der Waals surface area contributed by atoms with Crippen LogP contribution >= 0.6 is 0 Å². The van der Waals surface area contributed by atoms with Gasteiger partial charge >= 0.3 is 0 Å². The standard InChI is InChI=1S/C16H21N3O/c1-18-14(11-13-4-3-9-19-16(13)17)10-12-5-7-15(20-2)8-6-12/h3-9,14,18H,10-11H2,1-2H3,(H2,17,19). The Bertz CT molecular complexity index is 540. The Labute approximate surface area is 120 Å². The molecule has 2 rings (SSSR count). The largest absolute Gasteiger partial charge is 0.497 e. The second kappa shape index (κ2) is 6.91.